The largest absolute Gasteiger partial charge is 0.300 e. The van der Waals surface area contributed by atoms with Crippen LogP contribution < -0.4 is 0 Å². The monoisotopic (exact) mass is 345 g/mol. The second-order valence-electron chi connectivity index (χ2n) is 7.77. The van der Waals surface area contributed by atoms with E-state index in [1.165, 1.54) is 11.1 Å². The highest BCUT2D eigenvalue weighted by Gasteiger charge is 2.18. The zero-order chi connectivity index (χ0) is 17.7. The van der Waals surface area contributed by atoms with E-state index in [1.807, 2.05) is 6.20 Å². The molecule has 130 valence electrons. The molecular weight excluding hydrogens is 318 g/mol. The Hall–Kier alpha value is -1.45. The van der Waals surface area contributed by atoms with Gasteiger partial charge in [-0.3, -0.25) is 9.97 Å². The molecule has 0 bridgehead atoms. The van der Waals surface area contributed by atoms with E-state index in [1.54, 1.807) is 12.4 Å². The fourth-order valence-electron chi connectivity index (χ4n) is 3.05. The Labute approximate surface area is 151 Å². The Balaban J connectivity index is 1.92. The van der Waals surface area contributed by atoms with Crippen LogP contribution in [0.3, 0.4) is 0 Å². The molecule has 1 atom stereocenters. The first-order valence-corrected chi connectivity index (χ1v) is 8.86. The highest BCUT2D eigenvalue weighted by Crippen LogP contribution is 2.30. The molecule has 0 aliphatic carbocycles. The van der Waals surface area contributed by atoms with Crippen molar-refractivity contribution in [3.8, 4) is 0 Å². The maximum absolute atomic E-state index is 6.48. The summed E-state index contributed by atoms with van der Waals surface area (Å²) in [6.07, 6.45) is 6.30. The second-order valence-corrected chi connectivity index (χ2v) is 8.17. The molecular formula is C20H28ClN3. The smallest absolute Gasteiger partial charge is 0.0726 e. The first kappa shape index (κ1) is 18.9. The summed E-state index contributed by atoms with van der Waals surface area (Å²) in [7, 11) is 2.13. The van der Waals surface area contributed by atoms with Crippen LogP contribution in [0.2, 0.25) is 5.02 Å². The lowest BCUT2D eigenvalue weighted by atomic mass is 9.86. The third kappa shape index (κ3) is 5.57. The van der Waals surface area contributed by atoms with Gasteiger partial charge >= 0.3 is 0 Å². The molecule has 2 aromatic rings. The van der Waals surface area contributed by atoms with Gasteiger partial charge in [-0.05, 0) is 42.0 Å². The van der Waals surface area contributed by atoms with Gasteiger partial charge in [-0.1, -0.05) is 51.4 Å². The molecule has 0 saturated heterocycles. The predicted molar refractivity (Wildman–Crippen MR) is 101 cm³/mol. The summed E-state index contributed by atoms with van der Waals surface area (Å²) in [4.78, 5) is 10.7. The maximum Gasteiger partial charge on any atom is 0.0726 e. The number of aromatic nitrogens is 2. The molecule has 24 heavy (non-hydrogen) atoms. The number of benzene rings is 1. The fourth-order valence-corrected chi connectivity index (χ4v) is 3.53. The van der Waals surface area contributed by atoms with Gasteiger partial charge in [0, 0.05) is 36.7 Å². The quantitative estimate of drug-likeness (QED) is 0.757. The molecule has 0 saturated carbocycles. The fraction of sp³-hybridized carbons (Fsp3) is 0.500. The van der Waals surface area contributed by atoms with Gasteiger partial charge in [-0.2, -0.15) is 0 Å². The Morgan fingerprint density at radius 1 is 1.21 bits per heavy atom. The van der Waals surface area contributed by atoms with Gasteiger partial charge in [-0.25, -0.2) is 0 Å². The van der Waals surface area contributed by atoms with Gasteiger partial charge in [0.1, 0.15) is 0 Å². The summed E-state index contributed by atoms with van der Waals surface area (Å²) in [6.45, 7) is 10.7. The number of hydrogen-bond acceptors (Lipinski definition) is 3. The van der Waals surface area contributed by atoms with Crippen molar-refractivity contribution < 1.29 is 0 Å². The van der Waals surface area contributed by atoms with Crippen LogP contribution in [0, 0.1) is 5.92 Å². The van der Waals surface area contributed by atoms with Gasteiger partial charge in [0.2, 0.25) is 0 Å². The number of halogens is 1. The maximum atomic E-state index is 6.48. The third-order valence-electron chi connectivity index (χ3n) is 4.10. The van der Waals surface area contributed by atoms with Crippen molar-refractivity contribution in [2.24, 2.45) is 5.92 Å². The van der Waals surface area contributed by atoms with Crippen LogP contribution in [0.1, 0.15) is 44.5 Å². The zero-order valence-electron chi connectivity index (χ0n) is 15.4. The zero-order valence-corrected chi connectivity index (χ0v) is 16.1. The molecule has 2 rings (SSSR count). The van der Waals surface area contributed by atoms with Crippen LogP contribution >= 0.6 is 11.6 Å². The predicted octanol–water partition coefficient (Wildman–Crippen LogP) is 4.74. The summed E-state index contributed by atoms with van der Waals surface area (Å²) in [6, 6.07) is 6.51. The van der Waals surface area contributed by atoms with Crippen LogP contribution in [-0.4, -0.2) is 28.5 Å². The molecule has 0 aliphatic heterocycles. The van der Waals surface area contributed by atoms with E-state index in [4.69, 9.17) is 11.6 Å². The molecule has 0 fully saturated rings. The standard InChI is InChI=1S/C20H28ClN3/c1-15(13-24(5)14-17-12-22-8-9-23-17)10-16-6-7-18(19(21)11-16)20(2,3)4/h6-9,11-12,15H,10,13-14H2,1-5H3. The Kier molecular flexibility index (Phi) is 6.36. The third-order valence-corrected chi connectivity index (χ3v) is 4.41. The molecule has 0 N–H and O–H groups in total. The SMILES string of the molecule is CC(Cc1ccc(C(C)(C)C)c(Cl)c1)CN(C)Cc1cnccn1. The van der Waals surface area contributed by atoms with E-state index in [9.17, 15) is 0 Å². The first-order valence-electron chi connectivity index (χ1n) is 8.48. The van der Waals surface area contributed by atoms with Crippen molar-refractivity contribution in [2.45, 2.75) is 46.1 Å². The molecule has 1 aromatic heterocycles. The number of rotatable bonds is 6. The second kappa shape index (κ2) is 8.09. The van der Waals surface area contributed by atoms with E-state index in [0.717, 1.165) is 30.2 Å². The molecule has 1 unspecified atom stereocenters. The average molecular weight is 346 g/mol. The average Bonchev–Trinajstić information content (AvgIpc) is 2.46. The molecule has 1 aromatic carbocycles. The van der Waals surface area contributed by atoms with Crippen molar-refractivity contribution in [2.75, 3.05) is 13.6 Å². The van der Waals surface area contributed by atoms with Gasteiger partial charge in [0.15, 0.2) is 0 Å². The van der Waals surface area contributed by atoms with E-state index < -0.39 is 0 Å². The lowest BCUT2D eigenvalue weighted by molar-refractivity contribution is 0.275. The van der Waals surface area contributed by atoms with Gasteiger partial charge in [0.05, 0.1) is 5.69 Å². The summed E-state index contributed by atoms with van der Waals surface area (Å²) < 4.78 is 0. The van der Waals surface area contributed by atoms with Crippen LogP contribution in [0.4, 0.5) is 0 Å². The molecule has 3 nitrogen and oxygen atoms in total. The van der Waals surface area contributed by atoms with Crippen molar-refractivity contribution in [1.82, 2.24) is 14.9 Å². The van der Waals surface area contributed by atoms with Crippen molar-refractivity contribution in [1.29, 1.82) is 0 Å². The topological polar surface area (TPSA) is 29.0 Å². The minimum atomic E-state index is 0.0815. The van der Waals surface area contributed by atoms with Crippen LogP contribution in [0.15, 0.2) is 36.8 Å². The molecule has 0 radical (unpaired) electrons. The van der Waals surface area contributed by atoms with Crippen LogP contribution in [-0.2, 0) is 18.4 Å². The van der Waals surface area contributed by atoms with Crippen LogP contribution in [0.25, 0.3) is 0 Å². The Morgan fingerprint density at radius 2 is 1.96 bits per heavy atom. The Bertz CT molecular complexity index is 650. The lowest BCUT2D eigenvalue weighted by Gasteiger charge is -2.23. The Morgan fingerprint density at radius 3 is 2.54 bits per heavy atom. The number of nitrogens with zero attached hydrogens (tertiary/aromatic N) is 3. The highest BCUT2D eigenvalue weighted by atomic mass is 35.5. The number of hydrogen-bond donors (Lipinski definition) is 0. The summed E-state index contributed by atoms with van der Waals surface area (Å²) in [5, 5.41) is 0.875. The van der Waals surface area contributed by atoms with Gasteiger partial charge in [-0.15, -0.1) is 0 Å². The highest BCUT2D eigenvalue weighted by molar-refractivity contribution is 6.31. The lowest BCUT2D eigenvalue weighted by Crippen LogP contribution is -2.25. The molecule has 0 aliphatic rings. The summed E-state index contributed by atoms with van der Waals surface area (Å²) in [5.41, 5.74) is 3.59. The van der Waals surface area contributed by atoms with Gasteiger partial charge < -0.3 is 4.90 Å². The van der Waals surface area contributed by atoms with Crippen molar-refractivity contribution >= 4 is 11.6 Å². The first-order chi connectivity index (χ1) is 11.3. The van der Waals surface area contributed by atoms with E-state index in [2.05, 4.69) is 67.8 Å². The molecule has 1 heterocycles. The van der Waals surface area contributed by atoms with E-state index >= 15 is 0 Å². The molecule has 4 heteroatoms. The van der Waals surface area contributed by atoms with E-state index in [0.29, 0.717) is 5.92 Å². The van der Waals surface area contributed by atoms with E-state index in [-0.39, 0.29) is 5.41 Å². The molecule has 0 amide bonds. The normalized spacial score (nSPS) is 13.3. The van der Waals surface area contributed by atoms with Crippen molar-refractivity contribution in [3.05, 3.63) is 58.6 Å². The minimum absolute atomic E-state index is 0.0815. The summed E-state index contributed by atoms with van der Waals surface area (Å²) in [5.74, 6) is 0.545. The van der Waals surface area contributed by atoms with Gasteiger partial charge in [0.25, 0.3) is 0 Å². The summed E-state index contributed by atoms with van der Waals surface area (Å²) >= 11 is 6.48. The van der Waals surface area contributed by atoms with Crippen LogP contribution in [0.5, 0.6) is 0 Å². The molecule has 0 spiro atoms. The minimum Gasteiger partial charge on any atom is -0.300 e. The van der Waals surface area contributed by atoms with Crippen molar-refractivity contribution in [3.63, 3.8) is 0 Å².